The van der Waals surface area contributed by atoms with Crippen LogP contribution in [0.3, 0.4) is 0 Å². The molecule has 1 saturated heterocycles. The minimum atomic E-state index is -0.625. The van der Waals surface area contributed by atoms with Crippen molar-refractivity contribution in [1.82, 2.24) is 0 Å². The Hall–Kier alpha value is -3.34. The molecule has 30 heavy (non-hydrogen) atoms. The van der Waals surface area contributed by atoms with Gasteiger partial charge in [0.25, 0.3) is 0 Å². The number of hydrogen-bond acceptors (Lipinski definition) is 3. The summed E-state index contributed by atoms with van der Waals surface area (Å²) in [6.45, 7) is -0.169. The lowest BCUT2D eigenvalue weighted by molar-refractivity contribution is -0.0225. The quantitative estimate of drug-likeness (QED) is 0.652. The lowest BCUT2D eigenvalue weighted by Gasteiger charge is -2.12. The summed E-state index contributed by atoms with van der Waals surface area (Å²) in [5.41, 5.74) is 4.76. The van der Waals surface area contributed by atoms with Gasteiger partial charge in [-0.25, -0.2) is 0 Å². The van der Waals surface area contributed by atoms with Crippen LogP contribution in [-0.4, -0.2) is 29.0 Å². The van der Waals surface area contributed by atoms with Gasteiger partial charge in [0.2, 0.25) is 0 Å². The fourth-order valence-corrected chi connectivity index (χ4v) is 3.34. The summed E-state index contributed by atoms with van der Waals surface area (Å²) >= 11 is 0. The smallest absolute Gasteiger partial charge is 0.107 e. The molecule has 1 heterocycles. The highest BCUT2D eigenvalue weighted by atomic mass is 16.5. The highest BCUT2D eigenvalue weighted by Gasteiger charge is 2.33. The Morgan fingerprint density at radius 2 is 1.17 bits per heavy atom. The van der Waals surface area contributed by atoms with Crippen molar-refractivity contribution in [1.29, 1.82) is 0 Å². The summed E-state index contributed by atoms with van der Waals surface area (Å²) in [5, 5.41) is 19.1. The first kappa shape index (κ1) is 20.0. The third kappa shape index (κ3) is 4.98. The maximum Gasteiger partial charge on any atom is 0.107 e. The average molecular weight is 394 g/mol. The van der Waals surface area contributed by atoms with E-state index in [0.717, 1.165) is 27.8 Å². The molecule has 2 N–H and O–H groups in total. The highest BCUT2D eigenvalue weighted by molar-refractivity contribution is 5.48. The van der Waals surface area contributed by atoms with Crippen molar-refractivity contribution in [3.8, 4) is 23.7 Å². The van der Waals surface area contributed by atoms with Crippen molar-refractivity contribution < 1.29 is 14.9 Å². The van der Waals surface area contributed by atoms with Crippen LogP contribution in [0.25, 0.3) is 0 Å². The highest BCUT2D eigenvalue weighted by Crippen LogP contribution is 2.32. The fraction of sp³-hybridized carbons (Fsp3) is 0.185. The maximum absolute atomic E-state index is 9.88. The Morgan fingerprint density at radius 3 is 1.63 bits per heavy atom. The van der Waals surface area contributed by atoms with Crippen LogP contribution in [0.2, 0.25) is 0 Å². The first-order chi connectivity index (χ1) is 14.7. The summed E-state index contributed by atoms with van der Waals surface area (Å²) in [7, 11) is 0. The molecule has 0 bridgehead atoms. The van der Waals surface area contributed by atoms with Crippen LogP contribution in [0.4, 0.5) is 0 Å². The number of ether oxygens (including phenoxy) is 1. The van der Waals surface area contributed by atoms with Gasteiger partial charge in [0, 0.05) is 28.7 Å². The number of aliphatic hydroxyl groups is 2. The van der Waals surface area contributed by atoms with Crippen molar-refractivity contribution in [2.45, 2.75) is 24.7 Å². The zero-order chi connectivity index (χ0) is 20.8. The van der Waals surface area contributed by atoms with E-state index in [0.29, 0.717) is 6.42 Å². The Balaban J connectivity index is 1.40. The van der Waals surface area contributed by atoms with E-state index in [4.69, 9.17) is 4.74 Å². The van der Waals surface area contributed by atoms with E-state index in [2.05, 4.69) is 23.7 Å². The van der Waals surface area contributed by atoms with Gasteiger partial charge in [-0.2, -0.15) is 0 Å². The van der Waals surface area contributed by atoms with Gasteiger partial charge in [0.15, 0.2) is 0 Å². The molecule has 1 fully saturated rings. The second-order valence-corrected chi connectivity index (χ2v) is 7.21. The molecule has 0 saturated carbocycles. The van der Waals surface area contributed by atoms with Crippen LogP contribution >= 0.6 is 0 Å². The van der Waals surface area contributed by atoms with E-state index in [1.165, 1.54) is 0 Å². The molecule has 1 unspecified atom stereocenters. The zero-order valence-corrected chi connectivity index (χ0v) is 16.5. The molecule has 3 aromatic rings. The Labute approximate surface area is 177 Å². The van der Waals surface area contributed by atoms with Crippen LogP contribution in [0.1, 0.15) is 40.3 Å². The molecule has 3 atom stereocenters. The van der Waals surface area contributed by atoms with Crippen LogP contribution in [0.15, 0.2) is 78.9 Å². The number of hydrogen-bond donors (Lipinski definition) is 2. The van der Waals surface area contributed by atoms with Crippen LogP contribution in [-0.2, 0) is 4.74 Å². The predicted octanol–water partition coefficient (Wildman–Crippen LogP) is 3.67. The maximum atomic E-state index is 9.88. The third-order valence-corrected chi connectivity index (χ3v) is 5.05. The van der Waals surface area contributed by atoms with Crippen LogP contribution in [0, 0.1) is 23.7 Å². The van der Waals surface area contributed by atoms with Gasteiger partial charge in [-0.05, 0) is 54.1 Å². The monoisotopic (exact) mass is 394 g/mol. The molecule has 0 amide bonds. The molecular weight excluding hydrogens is 372 g/mol. The van der Waals surface area contributed by atoms with E-state index in [1.54, 1.807) is 0 Å². The first-order valence-corrected chi connectivity index (χ1v) is 9.95. The largest absolute Gasteiger partial charge is 0.394 e. The summed E-state index contributed by atoms with van der Waals surface area (Å²) in [5.74, 6) is 12.7. The molecule has 4 rings (SSSR count). The molecule has 0 aliphatic carbocycles. The zero-order valence-electron chi connectivity index (χ0n) is 16.5. The summed E-state index contributed by atoms with van der Waals surface area (Å²) in [6.07, 6.45) is -0.825. The first-order valence-electron chi connectivity index (χ1n) is 9.95. The van der Waals surface area contributed by atoms with E-state index in [-0.39, 0.29) is 12.7 Å². The normalized spacial score (nSPS) is 20.0. The van der Waals surface area contributed by atoms with Crippen molar-refractivity contribution in [2.75, 3.05) is 6.61 Å². The third-order valence-electron chi connectivity index (χ3n) is 5.05. The lowest BCUT2D eigenvalue weighted by Crippen LogP contribution is -2.24. The van der Waals surface area contributed by atoms with Crippen LogP contribution < -0.4 is 0 Å². The number of benzene rings is 3. The van der Waals surface area contributed by atoms with Gasteiger partial charge in [0.1, 0.15) is 6.10 Å². The van der Waals surface area contributed by atoms with E-state index >= 15 is 0 Å². The number of rotatable bonds is 2. The molecule has 1 aliphatic heterocycles. The standard InChI is InChI=1S/C27H22O3/c28-19-27-25(29)18-26(30-27)24-16-14-23(15-17-24)13-12-22-10-8-21(9-11-22)7-6-20-4-2-1-3-5-20/h1-5,8-11,14-17,25-29H,18-19H2/t25?,26-,27+/m0/s1. The number of aliphatic hydroxyl groups excluding tert-OH is 2. The lowest BCUT2D eigenvalue weighted by atomic mass is 10.0. The molecule has 3 heteroatoms. The van der Waals surface area contributed by atoms with E-state index in [9.17, 15) is 10.2 Å². The fourth-order valence-electron chi connectivity index (χ4n) is 3.34. The minimum absolute atomic E-state index is 0.169. The van der Waals surface area contributed by atoms with Crippen molar-refractivity contribution in [3.63, 3.8) is 0 Å². The molecule has 3 nitrogen and oxygen atoms in total. The summed E-state index contributed by atoms with van der Waals surface area (Å²) in [6, 6.07) is 25.6. The predicted molar refractivity (Wildman–Crippen MR) is 117 cm³/mol. The molecule has 0 aromatic heterocycles. The van der Waals surface area contributed by atoms with E-state index < -0.39 is 12.2 Å². The van der Waals surface area contributed by atoms with Crippen molar-refractivity contribution in [3.05, 3.63) is 107 Å². The molecule has 3 aromatic carbocycles. The second kappa shape index (κ2) is 9.44. The summed E-state index contributed by atoms with van der Waals surface area (Å²) in [4.78, 5) is 0. The molecular formula is C27H22O3. The summed E-state index contributed by atoms with van der Waals surface area (Å²) < 4.78 is 5.69. The molecule has 148 valence electrons. The van der Waals surface area contributed by atoms with Gasteiger partial charge in [-0.15, -0.1) is 0 Å². The Morgan fingerprint density at radius 1 is 0.700 bits per heavy atom. The Bertz CT molecular complexity index is 1090. The van der Waals surface area contributed by atoms with Gasteiger partial charge < -0.3 is 14.9 Å². The molecule has 0 radical (unpaired) electrons. The van der Waals surface area contributed by atoms with Gasteiger partial charge in [-0.1, -0.05) is 54.0 Å². The van der Waals surface area contributed by atoms with Gasteiger partial charge >= 0.3 is 0 Å². The molecule has 0 spiro atoms. The molecule has 1 aliphatic rings. The Kier molecular flexibility index (Phi) is 6.28. The van der Waals surface area contributed by atoms with Crippen molar-refractivity contribution in [2.24, 2.45) is 0 Å². The topological polar surface area (TPSA) is 49.7 Å². The minimum Gasteiger partial charge on any atom is -0.394 e. The van der Waals surface area contributed by atoms with E-state index in [1.807, 2.05) is 78.9 Å². The second-order valence-electron chi connectivity index (χ2n) is 7.21. The van der Waals surface area contributed by atoms with Crippen LogP contribution in [0.5, 0.6) is 0 Å². The van der Waals surface area contributed by atoms with Gasteiger partial charge in [0.05, 0.1) is 18.8 Å². The van der Waals surface area contributed by atoms with Crippen molar-refractivity contribution >= 4 is 0 Å². The SMILES string of the molecule is OC[C@H]1O[C@H](c2ccc(C#Cc3ccc(C#Cc4ccccc4)cc3)cc2)CC1O. The average Bonchev–Trinajstić information content (AvgIpc) is 3.18. The van der Waals surface area contributed by atoms with Gasteiger partial charge in [-0.3, -0.25) is 0 Å².